The summed E-state index contributed by atoms with van der Waals surface area (Å²) in [5.41, 5.74) is 1.88. The lowest BCUT2D eigenvalue weighted by Gasteiger charge is -2.03. The van der Waals surface area contributed by atoms with Crippen molar-refractivity contribution < 1.29 is 18.7 Å². The number of hydrogen-bond donors (Lipinski definition) is 0. The summed E-state index contributed by atoms with van der Waals surface area (Å²) in [7, 11) is 2.72. The number of aryl methyl sites for hydroxylation is 1. The van der Waals surface area contributed by atoms with Crippen LogP contribution in [0.5, 0.6) is 0 Å². The molecule has 0 N–H and O–H groups in total. The minimum absolute atomic E-state index is 0.158. The molecule has 1 aromatic heterocycles. The van der Waals surface area contributed by atoms with E-state index in [4.69, 9.17) is 20.8 Å². The van der Waals surface area contributed by atoms with Gasteiger partial charge in [0, 0.05) is 10.6 Å². The molecule has 0 fully saturated rings. The lowest BCUT2D eigenvalue weighted by molar-refractivity contribution is -0.133. The van der Waals surface area contributed by atoms with Gasteiger partial charge in [-0.25, -0.2) is 9.78 Å². The first kappa shape index (κ1) is 15.1. The molecule has 0 aliphatic carbocycles. The number of rotatable bonds is 4. The Kier molecular flexibility index (Phi) is 4.65. The van der Waals surface area contributed by atoms with E-state index in [1.54, 1.807) is 6.07 Å². The molecule has 0 aliphatic rings. The van der Waals surface area contributed by atoms with E-state index in [1.807, 2.05) is 19.1 Å². The fourth-order valence-corrected chi connectivity index (χ4v) is 2.05. The van der Waals surface area contributed by atoms with Gasteiger partial charge in [-0.1, -0.05) is 11.6 Å². The molecule has 6 heteroatoms. The molecule has 0 unspecified atom stereocenters. The van der Waals surface area contributed by atoms with Gasteiger partial charge in [-0.15, -0.1) is 0 Å². The number of esters is 1. The molecule has 0 amide bonds. The van der Waals surface area contributed by atoms with Gasteiger partial charge in [0.1, 0.15) is 11.8 Å². The highest BCUT2D eigenvalue weighted by molar-refractivity contribution is 6.30. The second-order valence-electron chi connectivity index (χ2n) is 4.25. The van der Waals surface area contributed by atoms with Gasteiger partial charge in [0.15, 0.2) is 5.76 Å². The zero-order valence-electron chi connectivity index (χ0n) is 11.8. The van der Waals surface area contributed by atoms with Crippen LogP contribution in [0.2, 0.25) is 5.02 Å². The summed E-state index contributed by atoms with van der Waals surface area (Å²) in [5, 5.41) is 0.637. The van der Waals surface area contributed by atoms with E-state index in [9.17, 15) is 4.79 Å². The summed E-state index contributed by atoms with van der Waals surface area (Å²) in [4.78, 5) is 15.9. The average molecular weight is 308 g/mol. The summed E-state index contributed by atoms with van der Waals surface area (Å²) in [6.45, 7) is 1.90. The Bertz CT molecular complexity index is 691. The van der Waals surface area contributed by atoms with Gasteiger partial charge in [0.05, 0.1) is 20.4 Å². The largest absolute Gasteiger partial charge is 0.503 e. The van der Waals surface area contributed by atoms with Gasteiger partial charge < -0.3 is 13.9 Å². The average Bonchev–Trinajstić information content (AvgIpc) is 2.93. The normalized spacial score (nSPS) is 11.3. The molecule has 0 spiro atoms. The van der Waals surface area contributed by atoms with Crippen molar-refractivity contribution >= 4 is 23.1 Å². The number of oxazole rings is 1. The molecular weight excluding hydrogens is 294 g/mol. The Morgan fingerprint density at radius 3 is 2.76 bits per heavy atom. The van der Waals surface area contributed by atoms with Crippen LogP contribution in [0.4, 0.5) is 0 Å². The van der Waals surface area contributed by atoms with Crippen LogP contribution in [0.25, 0.3) is 17.0 Å². The molecule has 0 atom stereocenters. The number of hydrogen-bond acceptors (Lipinski definition) is 5. The monoisotopic (exact) mass is 307 g/mol. The summed E-state index contributed by atoms with van der Waals surface area (Å²) in [6, 6.07) is 5.37. The fraction of sp³-hybridized carbons (Fsp3) is 0.200. The first-order valence-corrected chi connectivity index (χ1v) is 6.48. The van der Waals surface area contributed by atoms with E-state index in [0.29, 0.717) is 10.9 Å². The minimum Gasteiger partial charge on any atom is -0.503 e. The molecule has 1 aromatic carbocycles. The number of carbonyl (C=O) groups excluding carboxylic acids is 1. The predicted octanol–water partition coefficient (Wildman–Crippen LogP) is 3.46. The number of carbonyl (C=O) groups is 1. The van der Waals surface area contributed by atoms with Crippen molar-refractivity contribution in [3.8, 4) is 11.5 Å². The Labute approximate surface area is 127 Å². The van der Waals surface area contributed by atoms with Gasteiger partial charge in [-0.2, -0.15) is 0 Å². The van der Waals surface area contributed by atoms with Crippen molar-refractivity contribution in [2.45, 2.75) is 6.92 Å². The molecule has 0 bridgehead atoms. The van der Waals surface area contributed by atoms with Crippen LogP contribution in [0.1, 0.15) is 11.3 Å². The Morgan fingerprint density at radius 2 is 2.14 bits per heavy atom. The third-order valence-electron chi connectivity index (χ3n) is 2.83. The molecule has 1 heterocycles. The molecular formula is C15H14ClNO4. The van der Waals surface area contributed by atoms with E-state index in [0.717, 1.165) is 11.1 Å². The van der Waals surface area contributed by atoms with E-state index >= 15 is 0 Å². The second-order valence-corrected chi connectivity index (χ2v) is 4.68. The minimum atomic E-state index is -0.563. The first-order valence-electron chi connectivity index (χ1n) is 6.10. The van der Waals surface area contributed by atoms with Crippen LogP contribution in [0.15, 0.2) is 35.1 Å². The molecule has 0 radical (unpaired) electrons. The quantitative estimate of drug-likeness (QED) is 0.492. The molecule has 110 valence electrons. The van der Waals surface area contributed by atoms with Crippen LogP contribution >= 0.6 is 11.6 Å². The van der Waals surface area contributed by atoms with Crippen LogP contribution in [-0.2, 0) is 14.3 Å². The number of aromatic nitrogens is 1. The number of methoxy groups -OCH3 is 2. The molecule has 5 nitrogen and oxygen atoms in total. The van der Waals surface area contributed by atoms with Crippen molar-refractivity contribution in [3.05, 3.63) is 47.0 Å². The van der Waals surface area contributed by atoms with E-state index in [-0.39, 0.29) is 11.3 Å². The lowest BCUT2D eigenvalue weighted by Crippen LogP contribution is -2.03. The molecule has 21 heavy (non-hydrogen) atoms. The summed E-state index contributed by atoms with van der Waals surface area (Å²) in [6.07, 6.45) is 2.70. The second kappa shape index (κ2) is 6.45. The maximum atomic E-state index is 11.7. The van der Waals surface area contributed by atoms with Gasteiger partial charge in [-0.05, 0) is 30.7 Å². The van der Waals surface area contributed by atoms with Crippen LogP contribution in [0, 0.1) is 6.92 Å². The van der Waals surface area contributed by atoms with Gasteiger partial charge >= 0.3 is 5.97 Å². The van der Waals surface area contributed by atoms with Crippen molar-refractivity contribution in [1.29, 1.82) is 0 Å². The summed E-state index contributed by atoms with van der Waals surface area (Å²) in [5.74, 6) is 0.102. The van der Waals surface area contributed by atoms with E-state index in [1.165, 1.54) is 26.7 Å². The highest BCUT2D eigenvalue weighted by atomic mass is 35.5. The van der Waals surface area contributed by atoms with Crippen LogP contribution in [0.3, 0.4) is 0 Å². The maximum absolute atomic E-state index is 11.7. The fourth-order valence-electron chi connectivity index (χ4n) is 1.82. The SMILES string of the molecule is COC=C(C(=O)OC)c1cnc(-c2ccc(Cl)cc2C)o1. The van der Waals surface area contributed by atoms with Crippen LogP contribution < -0.4 is 0 Å². The van der Waals surface area contributed by atoms with Gasteiger partial charge in [0.25, 0.3) is 0 Å². The van der Waals surface area contributed by atoms with Crippen molar-refractivity contribution in [3.63, 3.8) is 0 Å². The standard InChI is InChI=1S/C15H14ClNO4/c1-9-6-10(16)4-5-11(9)14-17-7-13(21-14)12(8-19-2)15(18)20-3/h4-8H,1-3H3. The van der Waals surface area contributed by atoms with E-state index < -0.39 is 5.97 Å². The number of benzene rings is 1. The third kappa shape index (κ3) is 3.25. The Morgan fingerprint density at radius 1 is 1.38 bits per heavy atom. The van der Waals surface area contributed by atoms with Crippen LogP contribution in [-0.4, -0.2) is 25.2 Å². The topological polar surface area (TPSA) is 61.6 Å². The molecule has 0 saturated heterocycles. The Hall–Kier alpha value is -2.27. The number of ether oxygens (including phenoxy) is 2. The Balaban J connectivity index is 2.41. The first-order chi connectivity index (χ1) is 10.1. The molecule has 0 aliphatic heterocycles. The lowest BCUT2D eigenvalue weighted by atomic mass is 10.1. The smallest absolute Gasteiger partial charge is 0.344 e. The highest BCUT2D eigenvalue weighted by Gasteiger charge is 2.19. The van der Waals surface area contributed by atoms with Gasteiger partial charge in [-0.3, -0.25) is 0 Å². The number of halogens is 1. The highest BCUT2D eigenvalue weighted by Crippen LogP contribution is 2.28. The molecule has 2 rings (SSSR count). The molecule has 2 aromatic rings. The zero-order chi connectivity index (χ0) is 15.4. The third-order valence-corrected chi connectivity index (χ3v) is 3.07. The maximum Gasteiger partial charge on any atom is 0.344 e. The number of nitrogens with zero attached hydrogens (tertiary/aromatic N) is 1. The van der Waals surface area contributed by atoms with Crippen molar-refractivity contribution in [1.82, 2.24) is 4.98 Å². The van der Waals surface area contributed by atoms with Crippen molar-refractivity contribution in [2.75, 3.05) is 14.2 Å². The van der Waals surface area contributed by atoms with E-state index in [2.05, 4.69) is 9.72 Å². The predicted molar refractivity (Wildman–Crippen MR) is 78.7 cm³/mol. The molecule has 0 saturated carbocycles. The van der Waals surface area contributed by atoms with Gasteiger partial charge in [0.2, 0.25) is 5.89 Å². The van der Waals surface area contributed by atoms with Crippen molar-refractivity contribution in [2.24, 2.45) is 0 Å². The summed E-state index contributed by atoms with van der Waals surface area (Å²) >= 11 is 5.92. The zero-order valence-corrected chi connectivity index (χ0v) is 12.6. The summed E-state index contributed by atoms with van der Waals surface area (Å²) < 4.78 is 15.2.